The van der Waals surface area contributed by atoms with E-state index in [-0.39, 0.29) is 18.1 Å². The van der Waals surface area contributed by atoms with Gasteiger partial charge in [0.25, 0.3) is 0 Å². The number of pyridine rings is 2. The second kappa shape index (κ2) is 7.79. The molecule has 0 radical (unpaired) electrons. The van der Waals surface area contributed by atoms with E-state index in [9.17, 15) is 13.2 Å². The molecule has 0 saturated carbocycles. The standard InChI is InChI=1S/C19H18F3N5O/c1-11-6-7-15(10-24-11)28-17-14(5-4-8-23-17)9-25-16-12(2)13(3)26-18(27-16)19(20,21)22/h4-8,10H,9H2,1-3H3,(H,25,26,27). The number of rotatable bonds is 5. The molecule has 28 heavy (non-hydrogen) atoms. The molecule has 0 spiro atoms. The van der Waals surface area contributed by atoms with E-state index in [1.165, 1.54) is 6.92 Å². The Balaban J connectivity index is 1.82. The number of nitrogens with zero attached hydrogens (tertiary/aromatic N) is 4. The molecule has 1 N–H and O–H groups in total. The summed E-state index contributed by atoms with van der Waals surface area (Å²) in [5.74, 6) is -0.211. The molecule has 9 heteroatoms. The minimum absolute atomic E-state index is 0.117. The van der Waals surface area contributed by atoms with Crippen molar-refractivity contribution in [3.05, 3.63) is 65.0 Å². The number of hydrogen-bond acceptors (Lipinski definition) is 6. The van der Waals surface area contributed by atoms with Crippen LogP contribution in [-0.2, 0) is 12.7 Å². The van der Waals surface area contributed by atoms with Crippen LogP contribution in [0.5, 0.6) is 11.6 Å². The maximum absolute atomic E-state index is 13.0. The molecule has 146 valence electrons. The summed E-state index contributed by atoms with van der Waals surface area (Å²) in [6.45, 7) is 5.22. The Morgan fingerprint density at radius 2 is 1.82 bits per heavy atom. The van der Waals surface area contributed by atoms with Crippen LogP contribution in [0.2, 0.25) is 0 Å². The van der Waals surface area contributed by atoms with E-state index in [0.29, 0.717) is 22.8 Å². The zero-order chi connectivity index (χ0) is 20.3. The summed E-state index contributed by atoms with van der Waals surface area (Å²) in [6, 6.07) is 7.06. The van der Waals surface area contributed by atoms with E-state index in [1.807, 2.05) is 13.0 Å². The topological polar surface area (TPSA) is 72.8 Å². The SMILES string of the molecule is Cc1ccc(Oc2ncccc2CNc2nc(C(F)(F)F)nc(C)c2C)cn1. The molecule has 3 aromatic heterocycles. The molecular weight excluding hydrogens is 371 g/mol. The van der Waals surface area contributed by atoms with Gasteiger partial charge in [-0.3, -0.25) is 4.98 Å². The highest BCUT2D eigenvalue weighted by Gasteiger charge is 2.35. The molecule has 0 amide bonds. The Hall–Kier alpha value is -3.23. The predicted octanol–water partition coefficient (Wildman–Crippen LogP) is 4.62. The van der Waals surface area contributed by atoms with Gasteiger partial charge in [0.05, 0.1) is 6.20 Å². The number of alkyl halides is 3. The Morgan fingerprint density at radius 1 is 1.04 bits per heavy atom. The largest absolute Gasteiger partial charge is 0.451 e. The molecule has 0 aliphatic rings. The average Bonchev–Trinajstić information content (AvgIpc) is 2.65. The van der Waals surface area contributed by atoms with E-state index in [1.54, 1.807) is 37.5 Å². The van der Waals surface area contributed by atoms with Crippen LogP contribution in [0.15, 0.2) is 36.7 Å². The van der Waals surface area contributed by atoms with Crippen molar-refractivity contribution in [2.45, 2.75) is 33.5 Å². The fourth-order valence-corrected chi connectivity index (χ4v) is 2.38. The Labute approximate surface area is 159 Å². The molecule has 0 atom stereocenters. The Kier molecular flexibility index (Phi) is 5.43. The van der Waals surface area contributed by atoms with Gasteiger partial charge in [0.2, 0.25) is 11.7 Å². The molecule has 0 bridgehead atoms. The number of nitrogens with one attached hydrogen (secondary N) is 1. The van der Waals surface area contributed by atoms with Crippen molar-refractivity contribution in [1.82, 2.24) is 19.9 Å². The van der Waals surface area contributed by atoms with Crippen LogP contribution in [0, 0.1) is 20.8 Å². The molecule has 0 unspecified atom stereocenters. The summed E-state index contributed by atoms with van der Waals surface area (Å²) in [7, 11) is 0. The van der Waals surface area contributed by atoms with Gasteiger partial charge in [-0.1, -0.05) is 6.07 Å². The molecule has 3 heterocycles. The first-order valence-corrected chi connectivity index (χ1v) is 8.45. The summed E-state index contributed by atoms with van der Waals surface area (Å²) in [6.07, 6.45) is -1.47. The van der Waals surface area contributed by atoms with Gasteiger partial charge in [-0.15, -0.1) is 0 Å². The van der Waals surface area contributed by atoms with Crippen LogP contribution < -0.4 is 10.1 Å². The predicted molar refractivity (Wildman–Crippen MR) is 97.1 cm³/mol. The van der Waals surface area contributed by atoms with Crippen LogP contribution in [0.1, 0.15) is 28.3 Å². The number of halogens is 3. The van der Waals surface area contributed by atoms with Crippen LogP contribution >= 0.6 is 0 Å². The number of aryl methyl sites for hydroxylation is 2. The average molecular weight is 389 g/mol. The first kappa shape index (κ1) is 19.5. The molecule has 0 aromatic carbocycles. The number of anilines is 1. The lowest BCUT2D eigenvalue weighted by Gasteiger charge is -2.15. The van der Waals surface area contributed by atoms with Gasteiger partial charge in [-0.25, -0.2) is 15.0 Å². The second-order valence-electron chi connectivity index (χ2n) is 6.16. The van der Waals surface area contributed by atoms with Gasteiger partial charge < -0.3 is 10.1 Å². The first-order chi connectivity index (χ1) is 13.2. The van der Waals surface area contributed by atoms with Crippen LogP contribution in [-0.4, -0.2) is 19.9 Å². The molecule has 0 aliphatic heterocycles. The summed E-state index contributed by atoms with van der Waals surface area (Å²) in [5, 5.41) is 2.93. The zero-order valence-electron chi connectivity index (χ0n) is 15.5. The van der Waals surface area contributed by atoms with Gasteiger partial charge in [0, 0.05) is 35.3 Å². The minimum Gasteiger partial charge on any atom is -0.437 e. The van der Waals surface area contributed by atoms with Crippen molar-refractivity contribution in [3.63, 3.8) is 0 Å². The monoisotopic (exact) mass is 389 g/mol. The summed E-state index contributed by atoms with van der Waals surface area (Å²) in [5.41, 5.74) is 2.32. The molecule has 0 fully saturated rings. The van der Waals surface area contributed by atoms with Crippen LogP contribution in [0.25, 0.3) is 0 Å². The maximum Gasteiger partial charge on any atom is 0.451 e. The second-order valence-corrected chi connectivity index (χ2v) is 6.16. The van der Waals surface area contributed by atoms with Gasteiger partial charge >= 0.3 is 6.18 Å². The van der Waals surface area contributed by atoms with Crippen molar-refractivity contribution < 1.29 is 17.9 Å². The van der Waals surface area contributed by atoms with Crippen molar-refractivity contribution in [3.8, 4) is 11.6 Å². The molecule has 0 saturated heterocycles. The van der Waals surface area contributed by atoms with E-state index < -0.39 is 12.0 Å². The number of aromatic nitrogens is 4. The van der Waals surface area contributed by atoms with Crippen LogP contribution in [0.4, 0.5) is 19.0 Å². The fraction of sp³-hybridized carbons (Fsp3) is 0.263. The van der Waals surface area contributed by atoms with Crippen molar-refractivity contribution in [2.24, 2.45) is 0 Å². The number of ether oxygens (including phenoxy) is 1. The molecule has 0 aliphatic carbocycles. The van der Waals surface area contributed by atoms with Crippen molar-refractivity contribution >= 4 is 5.82 Å². The lowest BCUT2D eigenvalue weighted by molar-refractivity contribution is -0.145. The Bertz CT molecular complexity index is 974. The smallest absolute Gasteiger partial charge is 0.437 e. The highest BCUT2D eigenvalue weighted by Crippen LogP contribution is 2.29. The molecular formula is C19H18F3N5O. The van der Waals surface area contributed by atoms with E-state index in [4.69, 9.17) is 4.74 Å². The third-order valence-electron chi connectivity index (χ3n) is 4.04. The first-order valence-electron chi connectivity index (χ1n) is 8.45. The van der Waals surface area contributed by atoms with E-state index in [2.05, 4.69) is 25.3 Å². The molecule has 3 rings (SSSR count). The third-order valence-corrected chi connectivity index (χ3v) is 4.04. The normalized spacial score (nSPS) is 11.4. The van der Waals surface area contributed by atoms with Gasteiger partial charge in [0.15, 0.2) is 0 Å². The maximum atomic E-state index is 13.0. The lowest BCUT2D eigenvalue weighted by Crippen LogP contribution is -2.15. The summed E-state index contributed by atoms with van der Waals surface area (Å²) < 4.78 is 44.7. The van der Waals surface area contributed by atoms with E-state index >= 15 is 0 Å². The fourth-order valence-electron chi connectivity index (χ4n) is 2.38. The van der Waals surface area contributed by atoms with Crippen molar-refractivity contribution in [1.29, 1.82) is 0 Å². The third kappa shape index (κ3) is 4.54. The summed E-state index contributed by atoms with van der Waals surface area (Å²) in [4.78, 5) is 15.5. The summed E-state index contributed by atoms with van der Waals surface area (Å²) >= 11 is 0. The highest BCUT2D eigenvalue weighted by atomic mass is 19.4. The quantitative estimate of drug-likeness (QED) is 0.687. The minimum atomic E-state index is -4.62. The van der Waals surface area contributed by atoms with Gasteiger partial charge in [0.1, 0.15) is 11.6 Å². The molecule has 6 nitrogen and oxygen atoms in total. The van der Waals surface area contributed by atoms with Crippen molar-refractivity contribution in [2.75, 3.05) is 5.32 Å². The van der Waals surface area contributed by atoms with E-state index in [0.717, 1.165) is 5.69 Å². The number of hydrogen-bond donors (Lipinski definition) is 1. The van der Waals surface area contributed by atoms with Gasteiger partial charge in [-0.05, 0) is 39.0 Å². The van der Waals surface area contributed by atoms with Crippen LogP contribution in [0.3, 0.4) is 0 Å². The lowest BCUT2D eigenvalue weighted by atomic mass is 10.2. The molecule has 3 aromatic rings. The highest BCUT2D eigenvalue weighted by molar-refractivity contribution is 5.47. The Morgan fingerprint density at radius 3 is 2.50 bits per heavy atom. The van der Waals surface area contributed by atoms with Gasteiger partial charge in [-0.2, -0.15) is 13.2 Å². The zero-order valence-corrected chi connectivity index (χ0v) is 15.5.